The van der Waals surface area contributed by atoms with Crippen LogP contribution in [0.3, 0.4) is 0 Å². The molecule has 1 aromatic carbocycles. The van der Waals surface area contributed by atoms with Crippen molar-refractivity contribution in [2.24, 2.45) is 0 Å². The third-order valence-electron chi connectivity index (χ3n) is 2.16. The number of esters is 1. The topological polar surface area (TPSA) is 59.3 Å². The van der Waals surface area contributed by atoms with Crippen LogP contribution in [0.1, 0.15) is 18.1 Å². The molecule has 0 atom stereocenters. The molecule has 0 N–H and O–H groups in total. The summed E-state index contributed by atoms with van der Waals surface area (Å²) in [5, 5.41) is 8.98. The van der Waals surface area contributed by atoms with Crippen LogP contribution < -0.4 is 4.74 Å². The van der Waals surface area contributed by atoms with Gasteiger partial charge in [-0.1, -0.05) is 0 Å². The standard InChI is InChI=1S/C13H12FNO3/c1-3-18-13(16)7-4-9-10(8-15)12(17-2)6-5-11(9)14/h4-7H,3H2,1-2H3/b7-4+. The summed E-state index contributed by atoms with van der Waals surface area (Å²) in [6.07, 6.45) is 2.27. The van der Waals surface area contributed by atoms with Gasteiger partial charge in [-0.2, -0.15) is 5.26 Å². The van der Waals surface area contributed by atoms with Gasteiger partial charge in [0.15, 0.2) is 0 Å². The highest BCUT2D eigenvalue weighted by Crippen LogP contribution is 2.25. The molecule has 94 valence electrons. The Morgan fingerprint density at radius 3 is 2.83 bits per heavy atom. The minimum Gasteiger partial charge on any atom is -0.495 e. The Hall–Kier alpha value is -2.35. The molecule has 18 heavy (non-hydrogen) atoms. The lowest BCUT2D eigenvalue weighted by atomic mass is 10.1. The number of ether oxygens (including phenoxy) is 2. The van der Waals surface area contributed by atoms with Crippen molar-refractivity contribution in [3.05, 3.63) is 35.2 Å². The van der Waals surface area contributed by atoms with Crippen LogP contribution in [0.25, 0.3) is 6.08 Å². The van der Waals surface area contributed by atoms with E-state index in [-0.39, 0.29) is 23.5 Å². The predicted molar refractivity (Wildman–Crippen MR) is 63.3 cm³/mol. The van der Waals surface area contributed by atoms with Gasteiger partial charge >= 0.3 is 5.97 Å². The molecular formula is C13H12FNO3. The summed E-state index contributed by atoms with van der Waals surface area (Å²) in [7, 11) is 1.38. The van der Waals surface area contributed by atoms with Crippen LogP contribution in [0.4, 0.5) is 4.39 Å². The van der Waals surface area contributed by atoms with Gasteiger partial charge in [0.1, 0.15) is 23.2 Å². The van der Waals surface area contributed by atoms with Crippen molar-refractivity contribution >= 4 is 12.0 Å². The fraction of sp³-hybridized carbons (Fsp3) is 0.231. The Kier molecular flexibility index (Phi) is 4.88. The number of rotatable bonds is 4. The Bertz CT molecular complexity index is 518. The lowest BCUT2D eigenvalue weighted by molar-refractivity contribution is -0.137. The highest BCUT2D eigenvalue weighted by atomic mass is 19.1. The molecule has 0 radical (unpaired) electrons. The third-order valence-corrected chi connectivity index (χ3v) is 2.16. The van der Waals surface area contributed by atoms with E-state index in [0.29, 0.717) is 0 Å². The van der Waals surface area contributed by atoms with Crippen molar-refractivity contribution in [1.29, 1.82) is 5.26 Å². The van der Waals surface area contributed by atoms with E-state index < -0.39 is 11.8 Å². The maximum atomic E-state index is 13.6. The Balaban J connectivity index is 3.16. The quantitative estimate of drug-likeness (QED) is 0.606. The Labute approximate surface area is 104 Å². The minimum atomic E-state index is -0.604. The molecule has 0 saturated heterocycles. The molecular weight excluding hydrogens is 237 g/mol. The van der Waals surface area contributed by atoms with Gasteiger partial charge in [-0.25, -0.2) is 9.18 Å². The van der Waals surface area contributed by atoms with E-state index in [2.05, 4.69) is 4.74 Å². The molecule has 0 amide bonds. The van der Waals surface area contributed by atoms with Gasteiger partial charge in [-0.3, -0.25) is 0 Å². The van der Waals surface area contributed by atoms with Gasteiger partial charge in [0, 0.05) is 11.6 Å². The van der Waals surface area contributed by atoms with E-state index in [1.54, 1.807) is 6.92 Å². The van der Waals surface area contributed by atoms with Crippen LogP contribution >= 0.6 is 0 Å². The van der Waals surface area contributed by atoms with Crippen molar-refractivity contribution in [3.63, 3.8) is 0 Å². The first kappa shape index (κ1) is 13.7. The molecule has 4 nitrogen and oxygen atoms in total. The second-order valence-electron chi connectivity index (χ2n) is 3.24. The zero-order valence-electron chi connectivity index (χ0n) is 10.1. The summed E-state index contributed by atoms with van der Waals surface area (Å²) < 4.78 is 23.2. The van der Waals surface area contributed by atoms with Gasteiger partial charge in [-0.15, -0.1) is 0 Å². The first-order valence-electron chi connectivity index (χ1n) is 5.25. The third kappa shape index (κ3) is 3.08. The van der Waals surface area contributed by atoms with E-state index in [1.807, 2.05) is 6.07 Å². The van der Waals surface area contributed by atoms with E-state index in [4.69, 9.17) is 10.00 Å². The Morgan fingerprint density at radius 2 is 2.28 bits per heavy atom. The van der Waals surface area contributed by atoms with Crippen molar-refractivity contribution in [2.75, 3.05) is 13.7 Å². The van der Waals surface area contributed by atoms with Crippen LogP contribution in [0.2, 0.25) is 0 Å². The van der Waals surface area contributed by atoms with Crippen LogP contribution in [0.15, 0.2) is 18.2 Å². The van der Waals surface area contributed by atoms with Gasteiger partial charge in [0.25, 0.3) is 0 Å². The number of carbonyl (C=O) groups is 1. The normalized spacial score (nSPS) is 10.1. The fourth-order valence-electron chi connectivity index (χ4n) is 1.36. The van der Waals surface area contributed by atoms with Gasteiger partial charge < -0.3 is 9.47 Å². The molecule has 1 aromatic rings. The molecule has 1 rings (SSSR count). The largest absolute Gasteiger partial charge is 0.495 e. The summed E-state index contributed by atoms with van der Waals surface area (Å²) in [6.45, 7) is 1.90. The number of methoxy groups -OCH3 is 1. The van der Waals surface area contributed by atoms with Gasteiger partial charge in [0.2, 0.25) is 0 Å². The van der Waals surface area contributed by atoms with E-state index >= 15 is 0 Å². The van der Waals surface area contributed by atoms with E-state index in [1.165, 1.54) is 25.3 Å². The number of hydrogen-bond donors (Lipinski definition) is 0. The maximum Gasteiger partial charge on any atom is 0.330 e. The fourth-order valence-corrected chi connectivity index (χ4v) is 1.36. The maximum absolute atomic E-state index is 13.6. The number of hydrogen-bond acceptors (Lipinski definition) is 4. The molecule has 0 spiro atoms. The summed E-state index contributed by atoms with van der Waals surface area (Å²) >= 11 is 0. The van der Waals surface area contributed by atoms with Crippen LogP contribution in [0.5, 0.6) is 5.75 Å². The molecule has 0 saturated carbocycles. The van der Waals surface area contributed by atoms with Crippen LogP contribution in [-0.4, -0.2) is 19.7 Å². The lowest BCUT2D eigenvalue weighted by Crippen LogP contribution is -2.00. The SMILES string of the molecule is CCOC(=O)/C=C/c1c(F)ccc(OC)c1C#N. The number of carbonyl (C=O) groups excluding carboxylic acids is 1. The number of nitrogens with zero attached hydrogens (tertiary/aromatic N) is 1. The number of nitriles is 1. The summed E-state index contributed by atoms with van der Waals surface area (Å²) in [6, 6.07) is 4.37. The molecule has 0 unspecified atom stereocenters. The molecule has 0 aliphatic rings. The van der Waals surface area contributed by atoms with E-state index in [9.17, 15) is 9.18 Å². The lowest BCUT2D eigenvalue weighted by Gasteiger charge is -2.06. The molecule has 5 heteroatoms. The molecule has 0 fully saturated rings. The van der Waals surface area contributed by atoms with E-state index in [0.717, 1.165) is 6.08 Å². The van der Waals surface area contributed by atoms with Crippen molar-refractivity contribution in [2.45, 2.75) is 6.92 Å². The molecule has 0 aliphatic heterocycles. The van der Waals surface area contributed by atoms with Crippen LogP contribution in [-0.2, 0) is 9.53 Å². The van der Waals surface area contributed by atoms with Crippen LogP contribution in [0, 0.1) is 17.1 Å². The summed E-state index contributed by atoms with van der Waals surface area (Å²) in [5.41, 5.74) is 0.0444. The van der Waals surface area contributed by atoms with Crippen molar-refractivity contribution < 1.29 is 18.7 Å². The molecule has 0 aliphatic carbocycles. The molecule has 0 bridgehead atoms. The highest BCUT2D eigenvalue weighted by molar-refractivity contribution is 5.87. The monoisotopic (exact) mass is 249 g/mol. The first-order valence-corrected chi connectivity index (χ1v) is 5.25. The smallest absolute Gasteiger partial charge is 0.330 e. The average molecular weight is 249 g/mol. The number of halogens is 1. The highest BCUT2D eigenvalue weighted by Gasteiger charge is 2.12. The predicted octanol–water partition coefficient (Wildman–Crippen LogP) is 2.28. The minimum absolute atomic E-state index is 0.00454. The van der Waals surface area contributed by atoms with Crippen molar-refractivity contribution in [3.8, 4) is 11.8 Å². The first-order chi connectivity index (χ1) is 8.63. The van der Waals surface area contributed by atoms with Gasteiger partial charge in [-0.05, 0) is 25.1 Å². The molecule has 0 heterocycles. The zero-order chi connectivity index (χ0) is 13.5. The number of benzene rings is 1. The van der Waals surface area contributed by atoms with Crippen molar-refractivity contribution in [1.82, 2.24) is 0 Å². The average Bonchev–Trinajstić information content (AvgIpc) is 2.37. The van der Waals surface area contributed by atoms with Gasteiger partial charge in [0.05, 0.1) is 13.7 Å². The summed E-state index contributed by atoms with van der Waals surface area (Å²) in [5.74, 6) is -0.945. The second-order valence-corrected chi connectivity index (χ2v) is 3.24. The zero-order valence-corrected chi connectivity index (χ0v) is 10.1. The summed E-state index contributed by atoms with van der Waals surface area (Å²) in [4.78, 5) is 11.1. The second kappa shape index (κ2) is 6.40. The molecule has 0 aromatic heterocycles. The Morgan fingerprint density at radius 1 is 1.56 bits per heavy atom.